The Labute approximate surface area is 154 Å². The SMILES string of the molecule is Cc1cc(S(=O)(=O)NCc2ncc(Cc3ccc(F)cc3)s2)ccc1F. The summed E-state index contributed by atoms with van der Waals surface area (Å²) in [6.07, 6.45) is 2.28. The van der Waals surface area contributed by atoms with Crippen LogP contribution in [0.5, 0.6) is 0 Å². The lowest BCUT2D eigenvalue weighted by atomic mass is 10.1. The van der Waals surface area contributed by atoms with E-state index in [2.05, 4.69) is 9.71 Å². The van der Waals surface area contributed by atoms with E-state index in [4.69, 9.17) is 0 Å². The van der Waals surface area contributed by atoms with E-state index < -0.39 is 15.8 Å². The molecule has 3 aromatic rings. The first-order valence-corrected chi connectivity index (χ1v) is 10.1. The molecule has 0 radical (unpaired) electrons. The molecule has 1 N–H and O–H groups in total. The smallest absolute Gasteiger partial charge is 0.240 e. The van der Waals surface area contributed by atoms with Crippen LogP contribution in [0.15, 0.2) is 53.6 Å². The van der Waals surface area contributed by atoms with Crippen molar-refractivity contribution in [3.05, 3.63) is 81.3 Å². The molecule has 2 aromatic carbocycles. The van der Waals surface area contributed by atoms with Gasteiger partial charge in [-0.25, -0.2) is 26.9 Å². The lowest BCUT2D eigenvalue weighted by Crippen LogP contribution is -2.23. The number of thiazole rings is 1. The van der Waals surface area contributed by atoms with Crippen molar-refractivity contribution >= 4 is 21.4 Å². The maximum atomic E-state index is 13.3. The van der Waals surface area contributed by atoms with Gasteiger partial charge in [0.2, 0.25) is 10.0 Å². The van der Waals surface area contributed by atoms with E-state index in [-0.39, 0.29) is 22.8 Å². The van der Waals surface area contributed by atoms with Crippen molar-refractivity contribution in [1.82, 2.24) is 9.71 Å². The summed E-state index contributed by atoms with van der Waals surface area (Å²) in [6.45, 7) is 1.56. The second kappa shape index (κ2) is 7.61. The molecule has 0 saturated carbocycles. The zero-order valence-corrected chi connectivity index (χ0v) is 15.5. The van der Waals surface area contributed by atoms with Crippen molar-refractivity contribution in [2.75, 3.05) is 0 Å². The molecular weight excluding hydrogens is 378 g/mol. The van der Waals surface area contributed by atoms with E-state index in [0.717, 1.165) is 16.5 Å². The fourth-order valence-corrected chi connectivity index (χ4v) is 4.40. The van der Waals surface area contributed by atoms with Crippen LogP contribution in [0.2, 0.25) is 0 Å². The Kier molecular flexibility index (Phi) is 5.45. The number of rotatable bonds is 6. The number of hydrogen-bond donors (Lipinski definition) is 1. The third-order valence-electron chi connectivity index (χ3n) is 3.75. The molecular formula is C18H16F2N2O2S2. The molecule has 26 heavy (non-hydrogen) atoms. The predicted octanol–water partition coefficient (Wildman–Crippen LogP) is 3.80. The van der Waals surface area contributed by atoms with Crippen LogP contribution >= 0.6 is 11.3 Å². The molecule has 8 heteroatoms. The predicted molar refractivity (Wildman–Crippen MR) is 96.5 cm³/mol. The van der Waals surface area contributed by atoms with Crippen molar-refractivity contribution in [3.63, 3.8) is 0 Å². The average molecular weight is 394 g/mol. The number of aromatic nitrogens is 1. The van der Waals surface area contributed by atoms with Gasteiger partial charge in [0.15, 0.2) is 0 Å². The van der Waals surface area contributed by atoms with E-state index in [1.54, 1.807) is 18.3 Å². The van der Waals surface area contributed by atoms with Crippen molar-refractivity contribution in [2.45, 2.75) is 24.8 Å². The minimum absolute atomic E-state index is 0.0134. The molecule has 3 rings (SSSR count). The Morgan fingerprint density at radius 2 is 1.85 bits per heavy atom. The van der Waals surface area contributed by atoms with E-state index in [0.29, 0.717) is 11.4 Å². The molecule has 0 aliphatic carbocycles. The van der Waals surface area contributed by atoms with Crippen molar-refractivity contribution in [3.8, 4) is 0 Å². The quantitative estimate of drug-likeness (QED) is 0.692. The number of nitrogens with zero attached hydrogens (tertiary/aromatic N) is 1. The molecule has 0 fully saturated rings. The standard InChI is InChI=1S/C18H16F2N2O2S2/c1-12-8-16(6-7-17(12)20)26(23,24)22-11-18-21-10-15(25-18)9-13-2-4-14(19)5-3-13/h2-8,10,22H,9,11H2,1H3. The molecule has 4 nitrogen and oxygen atoms in total. The normalized spacial score (nSPS) is 11.7. The van der Waals surface area contributed by atoms with Gasteiger partial charge in [0.1, 0.15) is 16.6 Å². The summed E-state index contributed by atoms with van der Waals surface area (Å²) in [5.41, 5.74) is 1.22. The summed E-state index contributed by atoms with van der Waals surface area (Å²) in [7, 11) is -3.74. The second-order valence-corrected chi connectivity index (χ2v) is 8.73. The first kappa shape index (κ1) is 18.6. The fraction of sp³-hybridized carbons (Fsp3) is 0.167. The van der Waals surface area contributed by atoms with E-state index in [1.807, 2.05) is 0 Å². The Morgan fingerprint density at radius 3 is 2.54 bits per heavy atom. The van der Waals surface area contributed by atoms with Crippen LogP contribution in [0.3, 0.4) is 0 Å². The summed E-state index contributed by atoms with van der Waals surface area (Å²) in [4.78, 5) is 5.18. The number of sulfonamides is 1. The molecule has 0 aliphatic rings. The lowest BCUT2D eigenvalue weighted by Gasteiger charge is -2.06. The molecule has 1 aromatic heterocycles. The van der Waals surface area contributed by atoms with Crippen LogP contribution in [0.1, 0.15) is 21.0 Å². The molecule has 0 spiro atoms. The van der Waals surface area contributed by atoms with Gasteiger partial charge in [-0.2, -0.15) is 0 Å². The van der Waals surface area contributed by atoms with Gasteiger partial charge in [-0.05, 0) is 48.4 Å². The van der Waals surface area contributed by atoms with Gasteiger partial charge in [0.05, 0.1) is 11.4 Å². The average Bonchev–Trinajstić information content (AvgIpc) is 3.05. The molecule has 0 atom stereocenters. The van der Waals surface area contributed by atoms with E-state index >= 15 is 0 Å². The van der Waals surface area contributed by atoms with Crippen LogP contribution in [-0.2, 0) is 23.0 Å². The van der Waals surface area contributed by atoms with Gasteiger partial charge in [0.25, 0.3) is 0 Å². The Balaban J connectivity index is 1.65. The second-order valence-electron chi connectivity index (χ2n) is 5.76. The molecule has 0 saturated heterocycles. The molecule has 0 unspecified atom stereocenters. The Hall–Kier alpha value is -2.16. The van der Waals surface area contributed by atoms with Crippen LogP contribution < -0.4 is 4.72 Å². The summed E-state index contributed by atoms with van der Waals surface area (Å²) < 4.78 is 53.3. The third-order valence-corrected chi connectivity index (χ3v) is 6.14. The third kappa shape index (κ3) is 4.51. The van der Waals surface area contributed by atoms with Gasteiger partial charge in [-0.3, -0.25) is 0 Å². The van der Waals surface area contributed by atoms with Crippen LogP contribution in [0, 0.1) is 18.6 Å². The largest absolute Gasteiger partial charge is 0.248 e. The molecule has 1 heterocycles. The Morgan fingerprint density at radius 1 is 1.12 bits per heavy atom. The van der Waals surface area contributed by atoms with Gasteiger partial charge >= 0.3 is 0 Å². The summed E-state index contributed by atoms with van der Waals surface area (Å²) >= 11 is 1.38. The number of nitrogens with one attached hydrogen (secondary N) is 1. The zero-order chi connectivity index (χ0) is 18.7. The number of aryl methyl sites for hydroxylation is 1. The minimum Gasteiger partial charge on any atom is -0.248 e. The molecule has 0 bridgehead atoms. The first-order chi connectivity index (χ1) is 12.3. The van der Waals surface area contributed by atoms with Crippen molar-refractivity contribution < 1.29 is 17.2 Å². The topological polar surface area (TPSA) is 59.1 Å². The fourth-order valence-electron chi connectivity index (χ4n) is 2.34. The summed E-state index contributed by atoms with van der Waals surface area (Å²) in [5, 5.41) is 0.615. The maximum absolute atomic E-state index is 13.3. The van der Waals surface area contributed by atoms with Crippen LogP contribution in [0.25, 0.3) is 0 Å². The summed E-state index contributed by atoms with van der Waals surface area (Å²) in [6, 6.07) is 9.86. The molecule has 0 amide bonds. The van der Waals surface area contributed by atoms with Crippen molar-refractivity contribution in [1.29, 1.82) is 0 Å². The highest BCUT2D eigenvalue weighted by molar-refractivity contribution is 7.89. The highest BCUT2D eigenvalue weighted by Crippen LogP contribution is 2.19. The Bertz CT molecular complexity index is 1020. The first-order valence-electron chi connectivity index (χ1n) is 7.77. The highest BCUT2D eigenvalue weighted by atomic mass is 32.2. The van der Waals surface area contributed by atoms with Gasteiger partial charge in [0, 0.05) is 17.5 Å². The maximum Gasteiger partial charge on any atom is 0.240 e. The number of halogens is 2. The van der Waals surface area contributed by atoms with Crippen LogP contribution in [-0.4, -0.2) is 13.4 Å². The molecule has 0 aliphatic heterocycles. The summed E-state index contributed by atoms with van der Waals surface area (Å²) in [5.74, 6) is -0.738. The van der Waals surface area contributed by atoms with E-state index in [9.17, 15) is 17.2 Å². The van der Waals surface area contributed by atoms with Crippen LogP contribution in [0.4, 0.5) is 8.78 Å². The lowest BCUT2D eigenvalue weighted by molar-refractivity contribution is 0.579. The van der Waals surface area contributed by atoms with Gasteiger partial charge < -0.3 is 0 Å². The monoisotopic (exact) mass is 394 g/mol. The van der Waals surface area contributed by atoms with E-state index in [1.165, 1.54) is 42.5 Å². The number of benzene rings is 2. The number of hydrogen-bond acceptors (Lipinski definition) is 4. The molecule has 136 valence electrons. The highest BCUT2D eigenvalue weighted by Gasteiger charge is 2.16. The minimum atomic E-state index is -3.74. The van der Waals surface area contributed by atoms with Gasteiger partial charge in [-0.1, -0.05) is 12.1 Å². The van der Waals surface area contributed by atoms with Crippen molar-refractivity contribution in [2.24, 2.45) is 0 Å². The van der Waals surface area contributed by atoms with Gasteiger partial charge in [-0.15, -0.1) is 11.3 Å². The zero-order valence-electron chi connectivity index (χ0n) is 13.9.